The lowest BCUT2D eigenvalue weighted by molar-refractivity contribution is -0.274. The molecule has 2 N–H and O–H groups in total. The van der Waals surface area contributed by atoms with Gasteiger partial charge in [-0.05, 0) is 66.6 Å². The van der Waals surface area contributed by atoms with Crippen LogP contribution >= 0.6 is 23.2 Å². The van der Waals surface area contributed by atoms with Crippen LogP contribution in [0.4, 0.5) is 28.0 Å². The molecule has 3 aromatic rings. The SMILES string of the molecule is O=C1Nc2ccc(F)cc2C2(CCN(CCC(C(=O)NCc3ccc(OC(F)(F)F)cc3)c3ccc(Cl)c(Cl)c3)CC2)O1. The molecular weight excluding hydrogens is 613 g/mol. The molecule has 5 rings (SSSR count). The number of fused-ring (bicyclic) bond motifs is 2. The predicted octanol–water partition coefficient (Wildman–Crippen LogP) is 7.37. The van der Waals surface area contributed by atoms with Gasteiger partial charge in [0.25, 0.3) is 0 Å². The fourth-order valence-electron chi connectivity index (χ4n) is 5.49. The summed E-state index contributed by atoms with van der Waals surface area (Å²) < 4.78 is 61.0. The first-order valence-electron chi connectivity index (χ1n) is 13.5. The van der Waals surface area contributed by atoms with E-state index >= 15 is 0 Å². The highest BCUT2D eigenvalue weighted by Crippen LogP contribution is 2.44. The highest BCUT2D eigenvalue weighted by Gasteiger charge is 2.44. The molecule has 2 heterocycles. The van der Waals surface area contributed by atoms with Gasteiger partial charge in [0, 0.05) is 38.0 Å². The fourth-order valence-corrected chi connectivity index (χ4v) is 5.80. The van der Waals surface area contributed by atoms with E-state index in [1.807, 2.05) is 0 Å². The monoisotopic (exact) mass is 639 g/mol. The maximum Gasteiger partial charge on any atom is 0.573 e. The van der Waals surface area contributed by atoms with Crippen LogP contribution in [0.5, 0.6) is 5.75 Å². The van der Waals surface area contributed by atoms with Gasteiger partial charge >= 0.3 is 12.5 Å². The number of alkyl halides is 3. The van der Waals surface area contributed by atoms with E-state index in [9.17, 15) is 27.2 Å². The number of hydrogen-bond acceptors (Lipinski definition) is 5. The van der Waals surface area contributed by atoms with Gasteiger partial charge in [0.15, 0.2) is 0 Å². The van der Waals surface area contributed by atoms with Gasteiger partial charge in [0.05, 0.1) is 21.7 Å². The number of halogens is 6. The van der Waals surface area contributed by atoms with Crippen LogP contribution in [0.3, 0.4) is 0 Å². The highest BCUT2D eigenvalue weighted by molar-refractivity contribution is 6.42. The summed E-state index contributed by atoms with van der Waals surface area (Å²) in [6, 6.07) is 14.4. The number of hydrogen-bond donors (Lipinski definition) is 2. The van der Waals surface area contributed by atoms with Gasteiger partial charge in [-0.15, -0.1) is 13.2 Å². The van der Waals surface area contributed by atoms with Crippen LogP contribution in [0.2, 0.25) is 10.0 Å². The number of piperidine rings is 1. The van der Waals surface area contributed by atoms with Crippen LogP contribution < -0.4 is 15.4 Å². The molecule has 1 saturated heterocycles. The summed E-state index contributed by atoms with van der Waals surface area (Å²) >= 11 is 12.4. The quantitative estimate of drug-likeness (QED) is 0.252. The number of ether oxygens (including phenoxy) is 2. The Balaban J connectivity index is 1.24. The zero-order chi connectivity index (χ0) is 30.8. The Morgan fingerprint density at radius 2 is 1.77 bits per heavy atom. The number of rotatable bonds is 8. The molecule has 2 aliphatic rings. The molecule has 1 fully saturated rings. The second kappa shape index (κ2) is 12.6. The normalized spacial score (nSPS) is 17.0. The van der Waals surface area contributed by atoms with E-state index in [1.54, 1.807) is 18.2 Å². The summed E-state index contributed by atoms with van der Waals surface area (Å²) in [6.45, 7) is 1.71. The number of anilines is 1. The van der Waals surface area contributed by atoms with Crippen molar-refractivity contribution < 1.29 is 36.6 Å². The molecule has 43 heavy (non-hydrogen) atoms. The third-order valence-corrected chi connectivity index (χ3v) is 8.42. The Morgan fingerprint density at radius 1 is 1.05 bits per heavy atom. The van der Waals surface area contributed by atoms with Gasteiger partial charge in [-0.25, -0.2) is 9.18 Å². The number of carbonyl (C=O) groups is 2. The third kappa shape index (κ3) is 7.52. The number of likely N-dealkylation sites (tertiary alicyclic amines) is 1. The summed E-state index contributed by atoms with van der Waals surface area (Å²) in [7, 11) is 0. The Morgan fingerprint density at radius 3 is 2.44 bits per heavy atom. The van der Waals surface area contributed by atoms with Crippen molar-refractivity contribution in [1.82, 2.24) is 10.2 Å². The number of nitrogens with one attached hydrogen (secondary N) is 2. The van der Waals surface area contributed by atoms with E-state index in [1.165, 1.54) is 42.5 Å². The van der Waals surface area contributed by atoms with Crippen molar-refractivity contribution in [2.45, 2.75) is 43.7 Å². The van der Waals surface area contributed by atoms with Gasteiger partial charge in [0.1, 0.15) is 17.2 Å². The fraction of sp³-hybridized carbons (Fsp3) is 0.333. The van der Waals surface area contributed by atoms with Crippen molar-refractivity contribution in [1.29, 1.82) is 0 Å². The van der Waals surface area contributed by atoms with Gasteiger partial charge < -0.3 is 19.7 Å². The Bertz CT molecular complexity index is 1500. The lowest BCUT2D eigenvalue weighted by Crippen LogP contribution is -2.48. The molecule has 13 heteroatoms. The van der Waals surface area contributed by atoms with Crippen molar-refractivity contribution in [2.24, 2.45) is 0 Å². The number of amides is 2. The first kappa shape index (κ1) is 30.9. The van der Waals surface area contributed by atoms with Crippen molar-refractivity contribution in [3.8, 4) is 5.75 Å². The summed E-state index contributed by atoms with van der Waals surface area (Å²) in [4.78, 5) is 27.8. The molecule has 2 amide bonds. The summed E-state index contributed by atoms with van der Waals surface area (Å²) in [5, 5.41) is 6.13. The zero-order valence-electron chi connectivity index (χ0n) is 22.6. The van der Waals surface area contributed by atoms with Crippen molar-refractivity contribution in [3.63, 3.8) is 0 Å². The van der Waals surface area contributed by atoms with Crippen LogP contribution in [0.25, 0.3) is 0 Å². The van der Waals surface area contributed by atoms with Crippen LogP contribution in [-0.2, 0) is 21.7 Å². The van der Waals surface area contributed by atoms with Gasteiger partial charge in [-0.2, -0.15) is 0 Å². The molecule has 3 aromatic carbocycles. The predicted molar refractivity (Wildman–Crippen MR) is 153 cm³/mol. The van der Waals surface area contributed by atoms with Crippen molar-refractivity contribution in [3.05, 3.63) is 93.2 Å². The van der Waals surface area contributed by atoms with Crippen LogP contribution in [0.1, 0.15) is 41.9 Å². The molecule has 1 spiro atoms. The summed E-state index contributed by atoms with van der Waals surface area (Å²) in [6.07, 6.45) is -4.05. The maximum absolute atomic E-state index is 14.1. The smallest absolute Gasteiger partial charge is 0.438 e. The second-order valence-corrected chi connectivity index (χ2v) is 11.3. The van der Waals surface area contributed by atoms with Gasteiger partial charge in [0.2, 0.25) is 5.91 Å². The minimum absolute atomic E-state index is 0.0879. The highest BCUT2D eigenvalue weighted by atomic mass is 35.5. The molecule has 0 bridgehead atoms. The topological polar surface area (TPSA) is 79.9 Å². The second-order valence-electron chi connectivity index (χ2n) is 10.5. The lowest BCUT2D eigenvalue weighted by Gasteiger charge is -2.44. The average Bonchev–Trinajstić information content (AvgIpc) is 2.95. The molecule has 0 saturated carbocycles. The Hall–Kier alpha value is -3.54. The van der Waals surface area contributed by atoms with E-state index in [0.717, 1.165) is 0 Å². The van der Waals surface area contributed by atoms with E-state index in [-0.39, 0.29) is 18.2 Å². The lowest BCUT2D eigenvalue weighted by atomic mass is 9.82. The maximum atomic E-state index is 14.1. The van der Waals surface area contributed by atoms with E-state index in [2.05, 4.69) is 20.3 Å². The van der Waals surface area contributed by atoms with Crippen molar-refractivity contribution in [2.75, 3.05) is 25.0 Å². The van der Waals surface area contributed by atoms with Crippen molar-refractivity contribution >= 4 is 40.9 Å². The minimum atomic E-state index is -4.79. The molecule has 0 aliphatic carbocycles. The number of nitrogens with zero attached hydrogens (tertiary/aromatic N) is 1. The average molecular weight is 640 g/mol. The van der Waals surface area contributed by atoms with Gasteiger partial charge in [-0.1, -0.05) is 41.4 Å². The zero-order valence-corrected chi connectivity index (χ0v) is 24.2. The number of carbonyl (C=O) groups excluding carboxylic acids is 2. The molecule has 0 aromatic heterocycles. The molecule has 0 radical (unpaired) electrons. The standard InChI is InChI=1S/C30H27Cl2F4N3O4/c31-24-7-3-19(15-25(24)32)22(27(40)37-17-18-1-5-21(6-2-18)42-30(34,35)36)9-12-39-13-10-29(11-14-39)23-16-20(33)4-8-26(23)38-28(41)43-29/h1-8,15-16,22H,9-14,17H2,(H,37,40)(H,38,41). The Labute approximate surface area is 255 Å². The Kier molecular flexibility index (Phi) is 9.05. The first-order valence-corrected chi connectivity index (χ1v) is 14.3. The van der Waals surface area contributed by atoms with E-state index < -0.39 is 29.8 Å². The minimum Gasteiger partial charge on any atom is -0.438 e. The first-order chi connectivity index (χ1) is 20.4. The molecular formula is C30H27Cl2F4N3O4. The van der Waals surface area contributed by atoms with Crippen LogP contribution in [0.15, 0.2) is 60.7 Å². The van der Waals surface area contributed by atoms with E-state index in [0.29, 0.717) is 71.3 Å². The molecule has 7 nitrogen and oxygen atoms in total. The van der Waals surface area contributed by atoms with Gasteiger partial charge in [-0.3, -0.25) is 10.1 Å². The molecule has 228 valence electrons. The third-order valence-electron chi connectivity index (χ3n) is 7.68. The summed E-state index contributed by atoms with van der Waals surface area (Å²) in [5.74, 6) is -1.67. The van der Waals surface area contributed by atoms with Crippen LogP contribution in [-0.4, -0.2) is 42.9 Å². The molecule has 1 atom stereocenters. The largest absolute Gasteiger partial charge is 0.573 e. The molecule has 2 aliphatic heterocycles. The van der Waals surface area contributed by atoms with Crippen LogP contribution in [0, 0.1) is 5.82 Å². The van der Waals surface area contributed by atoms with E-state index in [4.69, 9.17) is 27.9 Å². The molecule has 1 unspecified atom stereocenters. The summed E-state index contributed by atoms with van der Waals surface area (Å²) in [5.41, 5.74) is 1.45. The number of benzene rings is 3.